The van der Waals surface area contributed by atoms with E-state index >= 15 is 0 Å². The van der Waals surface area contributed by atoms with Crippen LogP contribution in [0.2, 0.25) is 0 Å². The van der Waals surface area contributed by atoms with Crippen LogP contribution in [0.15, 0.2) is 54.6 Å². The molecule has 0 saturated carbocycles. The van der Waals surface area contributed by atoms with Crippen LogP contribution >= 0.6 is 0 Å². The normalized spacial score (nSPS) is 13.8. The zero-order valence-corrected chi connectivity index (χ0v) is 10.2. The van der Waals surface area contributed by atoms with Gasteiger partial charge in [0.2, 0.25) is 0 Å². The topological polar surface area (TPSA) is 63.3 Å². The summed E-state index contributed by atoms with van der Waals surface area (Å²) in [6.45, 7) is 0. The van der Waals surface area contributed by atoms with E-state index in [2.05, 4.69) is 0 Å². The summed E-state index contributed by atoms with van der Waals surface area (Å²) in [5, 5.41) is 9.40. The predicted molar refractivity (Wildman–Crippen MR) is 70.0 cm³/mol. The van der Waals surface area contributed by atoms with Crippen molar-refractivity contribution in [1.29, 1.82) is 0 Å². The quantitative estimate of drug-likeness (QED) is 0.885. The predicted octanol–water partition coefficient (Wildman–Crippen LogP) is 2.31. The zero-order valence-electron chi connectivity index (χ0n) is 10.2. The molecule has 0 unspecified atom stereocenters. The number of halogens is 1. The minimum absolute atomic E-state index is 0.104. The first kappa shape index (κ1) is 13.2. The first-order chi connectivity index (χ1) is 9.02. The van der Waals surface area contributed by atoms with Crippen LogP contribution < -0.4 is 5.73 Å². The Kier molecular flexibility index (Phi) is 3.62. The van der Waals surface area contributed by atoms with Crippen LogP contribution in [0.4, 0.5) is 4.39 Å². The molecule has 2 rings (SSSR count). The molecule has 0 aliphatic carbocycles. The largest absolute Gasteiger partial charge is 0.480 e. The molecule has 0 bridgehead atoms. The minimum Gasteiger partial charge on any atom is -0.480 e. The smallest absolute Gasteiger partial charge is 0.328 e. The summed E-state index contributed by atoms with van der Waals surface area (Å²) < 4.78 is 12.9. The summed E-state index contributed by atoms with van der Waals surface area (Å²) in [5.41, 5.74) is 5.72. The van der Waals surface area contributed by atoms with Gasteiger partial charge in [-0.15, -0.1) is 0 Å². The van der Waals surface area contributed by atoms with E-state index in [9.17, 15) is 14.3 Å². The molecule has 2 aromatic carbocycles. The monoisotopic (exact) mass is 259 g/mol. The lowest BCUT2D eigenvalue weighted by atomic mass is 9.85. The molecule has 0 radical (unpaired) electrons. The molecule has 4 heteroatoms. The van der Waals surface area contributed by atoms with E-state index in [4.69, 9.17) is 5.73 Å². The Morgan fingerprint density at radius 2 is 1.68 bits per heavy atom. The van der Waals surface area contributed by atoms with Crippen LogP contribution in [0, 0.1) is 5.82 Å². The number of hydrogen-bond acceptors (Lipinski definition) is 2. The van der Waals surface area contributed by atoms with Crippen molar-refractivity contribution in [2.45, 2.75) is 12.0 Å². The fraction of sp³-hybridized carbons (Fsp3) is 0.133. The Labute approximate surface area is 110 Å². The van der Waals surface area contributed by atoms with Gasteiger partial charge < -0.3 is 10.8 Å². The van der Waals surface area contributed by atoms with Crippen LogP contribution in [0.1, 0.15) is 11.1 Å². The van der Waals surface area contributed by atoms with Gasteiger partial charge in [-0.25, -0.2) is 9.18 Å². The van der Waals surface area contributed by atoms with Gasteiger partial charge in [0.1, 0.15) is 11.4 Å². The fourth-order valence-electron chi connectivity index (χ4n) is 1.96. The molecule has 1 atom stereocenters. The molecule has 0 spiro atoms. The van der Waals surface area contributed by atoms with Gasteiger partial charge in [-0.3, -0.25) is 0 Å². The standard InChI is InChI=1S/C15H14FNO2/c16-13-8-6-11(7-9-13)10-15(17,14(18)19)12-4-2-1-3-5-12/h1-9H,10,17H2,(H,18,19)/t15-/m1/s1. The molecule has 3 N–H and O–H groups in total. The van der Waals surface area contributed by atoms with Crippen LogP contribution in [0.3, 0.4) is 0 Å². The summed E-state index contributed by atoms with van der Waals surface area (Å²) >= 11 is 0. The summed E-state index contributed by atoms with van der Waals surface area (Å²) in [4.78, 5) is 11.5. The molecule has 2 aromatic rings. The first-order valence-corrected chi connectivity index (χ1v) is 5.84. The Bertz CT molecular complexity index is 568. The van der Waals surface area contributed by atoms with E-state index in [1.165, 1.54) is 12.1 Å². The number of nitrogens with two attached hydrogens (primary N) is 1. The third-order valence-corrected chi connectivity index (χ3v) is 3.07. The summed E-state index contributed by atoms with van der Waals surface area (Å²) in [6.07, 6.45) is 0.104. The van der Waals surface area contributed by atoms with Crippen LogP contribution in [-0.4, -0.2) is 11.1 Å². The van der Waals surface area contributed by atoms with E-state index in [-0.39, 0.29) is 12.2 Å². The lowest BCUT2D eigenvalue weighted by Crippen LogP contribution is -2.46. The van der Waals surface area contributed by atoms with E-state index < -0.39 is 11.5 Å². The van der Waals surface area contributed by atoms with Gasteiger partial charge in [-0.1, -0.05) is 42.5 Å². The molecule has 3 nitrogen and oxygen atoms in total. The summed E-state index contributed by atoms with van der Waals surface area (Å²) in [5.74, 6) is -1.47. The molecule has 0 aliphatic heterocycles. The van der Waals surface area contributed by atoms with Gasteiger partial charge >= 0.3 is 5.97 Å². The van der Waals surface area contributed by atoms with Crippen molar-refractivity contribution >= 4 is 5.97 Å². The molecule has 0 saturated heterocycles. The second-order valence-corrected chi connectivity index (χ2v) is 4.45. The number of carboxylic acids is 1. The number of rotatable bonds is 4. The highest BCUT2D eigenvalue weighted by Gasteiger charge is 2.36. The Balaban J connectivity index is 2.36. The van der Waals surface area contributed by atoms with Gasteiger partial charge in [0.05, 0.1) is 0 Å². The number of hydrogen-bond donors (Lipinski definition) is 2. The maximum absolute atomic E-state index is 12.9. The van der Waals surface area contributed by atoms with Crippen LogP contribution in [0.25, 0.3) is 0 Å². The van der Waals surface area contributed by atoms with Crippen molar-refractivity contribution in [1.82, 2.24) is 0 Å². The highest BCUT2D eigenvalue weighted by Crippen LogP contribution is 2.23. The van der Waals surface area contributed by atoms with Crippen molar-refractivity contribution < 1.29 is 14.3 Å². The van der Waals surface area contributed by atoms with Crippen LogP contribution in [-0.2, 0) is 16.8 Å². The molecule has 0 aliphatic rings. The Morgan fingerprint density at radius 3 is 2.21 bits per heavy atom. The highest BCUT2D eigenvalue weighted by molar-refractivity contribution is 5.81. The zero-order chi connectivity index (χ0) is 13.9. The van der Waals surface area contributed by atoms with E-state index in [1.807, 2.05) is 0 Å². The average molecular weight is 259 g/mol. The van der Waals surface area contributed by atoms with E-state index in [1.54, 1.807) is 42.5 Å². The molecular weight excluding hydrogens is 245 g/mol. The van der Waals surface area contributed by atoms with Gasteiger partial charge in [0.15, 0.2) is 0 Å². The highest BCUT2D eigenvalue weighted by atomic mass is 19.1. The lowest BCUT2D eigenvalue weighted by molar-refractivity contribution is -0.143. The Hall–Kier alpha value is -2.20. The third-order valence-electron chi connectivity index (χ3n) is 3.07. The summed E-state index contributed by atoms with van der Waals surface area (Å²) in [7, 11) is 0. The van der Waals surface area contributed by atoms with Gasteiger partial charge in [0, 0.05) is 6.42 Å². The fourth-order valence-corrected chi connectivity index (χ4v) is 1.96. The van der Waals surface area contributed by atoms with Crippen molar-refractivity contribution in [2.75, 3.05) is 0 Å². The number of carbonyl (C=O) groups is 1. The van der Waals surface area contributed by atoms with Crippen molar-refractivity contribution in [2.24, 2.45) is 5.73 Å². The van der Waals surface area contributed by atoms with E-state index in [0.29, 0.717) is 11.1 Å². The number of benzene rings is 2. The third kappa shape index (κ3) is 2.80. The summed E-state index contributed by atoms with van der Waals surface area (Å²) in [6, 6.07) is 14.3. The molecule has 0 fully saturated rings. The van der Waals surface area contributed by atoms with Crippen LogP contribution in [0.5, 0.6) is 0 Å². The van der Waals surface area contributed by atoms with Crippen molar-refractivity contribution in [3.05, 3.63) is 71.5 Å². The van der Waals surface area contributed by atoms with Crippen molar-refractivity contribution in [3.8, 4) is 0 Å². The van der Waals surface area contributed by atoms with Gasteiger partial charge in [-0.2, -0.15) is 0 Å². The molecule has 0 amide bonds. The molecule has 98 valence electrons. The second kappa shape index (κ2) is 5.20. The number of aliphatic carboxylic acids is 1. The molecule has 19 heavy (non-hydrogen) atoms. The minimum atomic E-state index is -1.51. The first-order valence-electron chi connectivity index (χ1n) is 5.84. The van der Waals surface area contributed by atoms with Gasteiger partial charge in [0.25, 0.3) is 0 Å². The maximum atomic E-state index is 12.9. The maximum Gasteiger partial charge on any atom is 0.328 e. The Morgan fingerprint density at radius 1 is 1.11 bits per heavy atom. The average Bonchev–Trinajstić information content (AvgIpc) is 2.42. The lowest BCUT2D eigenvalue weighted by Gasteiger charge is -2.25. The molecule has 0 aromatic heterocycles. The van der Waals surface area contributed by atoms with Crippen molar-refractivity contribution in [3.63, 3.8) is 0 Å². The SMILES string of the molecule is N[C@@](Cc1ccc(F)cc1)(C(=O)O)c1ccccc1. The van der Waals surface area contributed by atoms with E-state index in [0.717, 1.165) is 0 Å². The number of carboxylic acid groups (broad SMARTS) is 1. The molecular formula is C15H14FNO2. The molecule has 0 heterocycles. The second-order valence-electron chi connectivity index (χ2n) is 4.45. The van der Waals surface area contributed by atoms with Gasteiger partial charge in [-0.05, 0) is 23.3 Å².